The summed E-state index contributed by atoms with van der Waals surface area (Å²) < 4.78 is 35.6. The molecule has 0 aliphatic rings. The van der Waals surface area contributed by atoms with Gasteiger partial charge in [0.05, 0.1) is 18.2 Å². The Kier molecular flexibility index (Phi) is 6.74. The highest BCUT2D eigenvalue weighted by Crippen LogP contribution is 2.29. The van der Waals surface area contributed by atoms with Crippen LogP contribution in [0.5, 0.6) is 11.5 Å². The maximum Gasteiger partial charge on any atom is 0.276 e. The first kappa shape index (κ1) is 20.7. The van der Waals surface area contributed by atoms with Crippen LogP contribution >= 0.6 is 11.6 Å². The fourth-order valence-corrected chi connectivity index (χ4v) is 3.48. The number of benzene rings is 3. The Morgan fingerprint density at radius 1 is 1.00 bits per heavy atom. The van der Waals surface area contributed by atoms with Gasteiger partial charge >= 0.3 is 0 Å². The number of rotatable bonds is 8. The molecule has 1 N–H and O–H groups in total. The summed E-state index contributed by atoms with van der Waals surface area (Å²) >= 11 is 6.16. The van der Waals surface area contributed by atoms with Crippen LogP contribution in [0, 0.1) is 0 Å². The minimum absolute atomic E-state index is 0.135. The van der Waals surface area contributed by atoms with Gasteiger partial charge in [-0.15, -0.1) is 0 Å². The molecule has 3 rings (SSSR count). The Morgan fingerprint density at radius 3 is 2.45 bits per heavy atom. The number of hydrogen-bond acceptors (Lipinski definition) is 5. The van der Waals surface area contributed by atoms with Crippen molar-refractivity contribution in [2.75, 3.05) is 7.11 Å². The van der Waals surface area contributed by atoms with Crippen LogP contribution in [0.1, 0.15) is 11.1 Å². The minimum atomic E-state index is -3.72. The molecule has 3 aromatic carbocycles. The predicted octanol–water partition coefficient (Wildman–Crippen LogP) is 4.24. The Morgan fingerprint density at radius 2 is 1.72 bits per heavy atom. The van der Waals surface area contributed by atoms with Crippen LogP contribution in [0.3, 0.4) is 0 Å². The van der Waals surface area contributed by atoms with Crippen molar-refractivity contribution in [1.82, 2.24) is 4.83 Å². The molecule has 0 aliphatic heterocycles. The third-order valence-electron chi connectivity index (χ3n) is 3.97. The standard InChI is InChI=1S/C21H19ClN2O4S/c1-27-20-12-11-16(13-21(20)28-15-17-7-5-6-10-19(17)22)14-23-24-29(25,26)18-8-3-2-4-9-18/h2-14,24H,15H2,1H3/b23-14+. The second-order valence-corrected chi connectivity index (χ2v) is 8.02. The van der Waals surface area contributed by atoms with Crippen LogP contribution in [-0.4, -0.2) is 21.7 Å². The van der Waals surface area contributed by atoms with E-state index < -0.39 is 10.0 Å². The summed E-state index contributed by atoms with van der Waals surface area (Å²) in [6.45, 7) is 0.261. The van der Waals surface area contributed by atoms with E-state index in [9.17, 15) is 8.42 Å². The van der Waals surface area contributed by atoms with Crippen molar-refractivity contribution in [3.8, 4) is 11.5 Å². The lowest BCUT2D eigenvalue weighted by atomic mass is 10.2. The molecule has 29 heavy (non-hydrogen) atoms. The summed E-state index contributed by atoms with van der Waals surface area (Å²) in [6.07, 6.45) is 1.39. The molecule has 3 aromatic rings. The first-order valence-corrected chi connectivity index (χ1v) is 10.5. The van der Waals surface area contributed by atoms with E-state index in [2.05, 4.69) is 9.93 Å². The Labute approximate surface area is 174 Å². The van der Waals surface area contributed by atoms with Crippen LogP contribution in [0.2, 0.25) is 5.02 Å². The number of nitrogens with zero attached hydrogens (tertiary/aromatic N) is 1. The predicted molar refractivity (Wildman–Crippen MR) is 113 cm³/mol. The van der Waals surface area contributed by atoms with Gasteiger partial charge in [-0.25, -0.2) is 4.83 Å². The fraction of sp³-hybridized carbons (Fsp3) is 0.0952. The maximum atomic E-state index is 12.2. The highest BCUT2D eigenvalue weighted by molar-refractivity contribution is 7.89. The summed E-state index contributed by atoms with van der Waals surface area (Å²) in [4.78, 5) is 2.32. The molecule has 0 aromatic heterocycles. The summed E-state index contributed by atoms with van der Waals surface area (Å²) in [5.41, 5.74) is 1.47. The number of methoxy groups -OCH3 is 1. The number of ether oxygens (including phenoxy) is 2. The number of halogens is 1. The van der Waals surface area contributed by atoms with E-state index >= 15 is 0 Å². The van der Waals surface area contributed by atoms with Gasteiger partial charge in [-0.1, -0.05) is 48.0 Å². The molecule has 150 valence electrons. The number of hydrazone groups is 1. The van der Waals surface area contributed by atoms with Crippen molar-refractivity contribution in [3.05, 3.63) is 88.9 Å². The second-order valence-electron chi connectivity index (χ2n) is 5.96. The molecule has 0 fully saturated rings. The molecule has 0 heterocycles. The van der Waals surface area contributed by atoms with Gasteiger partial charge in [0.15, 0.2) is 11.5 Å². The summed E-state index contributed by atoms with van der Waals surface area (Å²) in [5, 5.41) is 4.45. The van der Waals surface area contributed by atoms with Crippen LogP contribution in [-0.2, 0) is 16.6 Å². The average Bonchev–Trinajstić information content (AvgIpc) is 2.74. The zero-order chi connectivity index (χ0) is 20.7. The van der Waals surface area contributed by atoms with Gasteiger partial charge in [0.2, 0.25) is 0 Å². The topological polar surface area (TPSA) is 77.0 Å². The van der Waals surface area contributed by atoms with E-state index in [0.717, 1.165) is 5.56 Å². The Bertz CT molecular complexity index is 1100. The molecule has 0 spiro atoms. The third kappa shape index (κ3) is 5.49. The van der Waals surface area contributed by atoms with Gasteiger partial charge in [0.1, 0.15) is 6.61 Å². The van der Waals surface area contributed by atoms with Crippen molar-refractivity contribution in [3.63, 3.8) is 0 Å². The summed E-state index contributed by atoms with van der Waals surface area (Å²) in [7, 11) is -2.18. The first-order chi connectivity index (χ1) is 14.0. The smallest absolute Gasteiger partial charge is 0.276 e. The van der Waals surface area contributed by atoms with Gasteiger partial charge in [-0.05, 0) is 42.0 Å². The second kappa shape index (κ2) is 9.45. The lowest BCUT2D eigenvalue weighted by Crippen LogP contribution is -2.18. The molecular formula is C21H19ClN2O4S. The molecule has 6 nitrogen and oxygen atoms in total. The molecule has 0 unspecified atom stereocenters. The fourth-order valence-electron chi connectivity index (χ4n) is 2.48. The zero-order valence-corrected chi connectivity index (χ0v) is 17.2. The van der Waals surface area contributed by atoms with E-state index in [4.69, 9.17) is 21.1 Å². The molecule has 0 radical (unpaired) electrons. The zero-order valence-electron chi connectivity index (χ0n) is 15.6. The van der Waals surface area contributed by atoms with Crippen molar-refractivity contribution in [2.24, 2.45) is 5.10 Å². The van der Waals surface area contributed by atoms with E-state index in [0.29, 0.717) is 22.1 Å². The van der Waals surface area contributed by atoms with Crippen LogP contribution in [0.15, 0.2) is 82.8 Å². The molecule has 0 saturated carbocycles. The molecular weight excluding hydrogens is 412 g/mol. The molecule has 8 heteroatoms. The highest BCUT2D eigenvalue weighted by atomic mass is 35.5. The van der Waals surface area contributed by atoms with Gasteiger partial charge < -0.3 is 9.47 Å². The normalized spacial score (nSPS) is 11.4. The van der Waals surface area contributed by atoms with Gasteiger partial charge in [-0.3, -0.25) is 0 Å². The summed E-state index contributed by atoms with van der Waals surface area (Å²) in [6, 6.07) is 20.6. The largest absolute Gasteiger partial charge is 0.493 e. The van der Waals surface area contributed by atoms with Crippen molar-refractivity contribution in [1.29, 1.82) is 0 Å². The van der Waals surface area contributed by atoms with E-state index in [1.54, 1.807) is 49.6 Å². The van der Waals surface area contributed by atoms with E-state index in [1.165, 1.54) is 18.3 Å². The van der Waals surface area contributed by atoms with Gasteiger partial charge in [0.25, 0.3) is 10.0 Å². The van der Waals surface area contributed by atoms with Crippen LogP contribution in [0.25, 0.3) is 0 Å². The monoisotopic (exact) mass is 430 g/mol. The minimum Gasteiger partial charge on any atom is -0.493 e. The molecule has 0 atom stereocenters. The number of nitrogens with one attached hydrogen (secondary N) is 1. The summed E-state index contributed by atoms with van der Waals surface area (Å²) in [5.74, 6) is 1.03. The van der Waals surface area contributed by atoms with Crippen molar-refractivity contribution < 1.29 is 17.9 Å². The highest BCUT2D eigenvalue weighted by Gasteiger charge is 2.11. The lowest BCUT2D eigenvalue weighted by molar-refractivity contribution is 0.284. The third-order valence-corrected chi connectivity index (χ3v) is 5.58. The quantitative estimate of drug-likeness (QED) is 0.428. The first-order valence-electron chi connectivity index (χ1n) is 8.64. The van der Waals surface area contributed by atoms with Gasteiger partial charge in [0, 0.05) is 10.6 Å². The maximum absolute atomic E-state index is 12.2. The van der Waals surface area contributed by atoms with Crippen LogP contribution in [0.4, 0.5) is 0 Å². The average molecular weight is 431 g/mol. The number of sulfonamides is 1. The van der Waals surface area contributed by atoms with Crippen molar-refractivity contribution >= 4 is 27.8 Å². The van der Waals surface area contributed by atoms with E-state index in [1.807, 2.05) is 18.2 Å². The number of hydrogen-bond donors (Lipinski definition) is 1. The Hall–Kier alpha value is -3.03. The van der Waals surface area contributed by atoms with E-state index in [-0.39, 0.29) is 11.5 Å². The molecule has 0 amide bonds. The molecule has 0 aliphatic carbocycles. The van der Waals surface area contributed by atoms with Crippen molar-refractivity contribution in [2.45, 2.75) is 11.5 Å². The Balaban J connectivity index is 1.73. The van der Waals surface area contributed by atoms with Gasteiger partial charge in [-0.2, -0.15) is 13.5 Å². The SMILES string of the molecule is COc1ccc(/C=N/NS(=O)(=O)c2ccccc2)cc1OCc1ccccc1Cl. The molecule has 0 saturated heterocycles. The lowest BCUT2D eigenvalue weighted by Gasteiger charge is -2.12. The van der Waals surface area contributed by atoms with Crippen LogP contribution < -0.4 is 14.3 Å². The molecule has 0 bridgehead atoms.